The fourth-order valence-corrected chi connectivity index (χ4v) is 2.70. The molecule has 3 rings (SSSR count). The van der Waals surface area contributed by atoms with E-state index in [-0.39, 0.29) is 11.3 Å². The molecule has 116 valence electrons. The van der Waals surface area contributed by atoms with Crippen LogP contribution in [0.15, 0.2) is 10.6 Å². The van der Waals surface area contributed by atoms with Gasteiger partial charge >= 0.3 is 0 Å². The van der Waals surface area contributed by atoms with Gasteiger partial charge in [-0.2, -0.15) is 0 Å². The van der Waals surface area contributed by atoms with E-state index in [1.165, 1.54) is 0 Å². The zero-order chi connectivity index (χ0) is 15.1. The van der Waals surface area contributed by atoms with E-state index in [0.717, 1.165) is 0 Å². The Bertz CT molecular complexity index is 518. The summed E-state index contributed by atoms with van der Waals surface area (Å²) in [5.41, 5.74) is 0.781. The number of piperidine rings is 1. The minimum absolute atomic E-state index is 0.0650. The number of carbonyl (C=O) groups excluding carboxylic acids is 1. The highest BCUT2D eigenvalue weighted by Gasteiger charge is 2.43. The van der Waals surface area contributed by atoms with Crippen LogP contribution in [0.4, 0.5) is 0 Å². The quantitative estimate of drug-likeness (QED) is 0.792. The topological polar surface area (TPSA) is 64.8 Å². The van der Waals surface area contributed by atoms with Crippen LogP contribution in [0, 0.1) is 12.3 Å². The maximum Gasteiger partial charge on any atom is 0.292 e. The monoisotopic (exact) mass is 294 g/mol. The molecule has 3 heterocycles. The predicted octanol–water partition coefficient (Wildman–Crippen LogP) is 1.99. The molecule has 0 radical (unpaired) electrons. The molecule has 2 fully saturated rings. The van der Waals surface area contributed by atoms with Crippen molar-refractivity contribution < 1.29 is 18.8 Å². The second-order valence-electron chi connectivity index (χ2n) is 6.78. The number of hydrogen-bond donors (Lipinski definition) is 0. The normalized spacial score (nSPS) is 24.2. The van der Waals surface area contributed by atoms with E-state index in [0.29, 0.717) is 50.6 Å². The summed E-state index contributed by atoms with van der Waals surface area (Å²) >= 11 is 0. The number of likely N-dealkylation sites (tertiary alicyclic amines) is 1. The maximum atomic E-state index is 12.3. The molecule has 0 aromatic carbocycles. The lowest BCUT2D eigenvalue weighted by molar-refractivity contribution is -0.311. The van der Waals surface area contributed by atoms with Gasteiger partial charge in [0, 0.05) is 37.4 Å². The van der Waals surface area contributed by atoms with Gasteiger partial charge in [0.25, 0.3) is 5.91 Å². The smallest absolute Gasteiger partial charge is 0.292 e. The van der Waals surface area contributed by atoms with E-state index in [2.05, 4.69) is 19.0 Å². The van der Waals surface area contributed by atoms with Crippen LogP contribution in [-0.2, 0) is 9.47 Å². The lowest BCUT2D eigenvalue weighted by Gasteiger charge is -2.47. The highest BCUT2D eigenvalue weighted by Crippen LogP contribution is 2.36. The van der Waals surface area contributed by atoms with Gasteiger partial charge in [-0.3, -0.25) is 4.79 Å². The van der Waals surface area contributed by atoms with Gasteiger partial charge < -0.3 is 18.9 Å². The fraction of sp³-hybridized carbons (Fsp3) is 0.733. The number of aromatic nitrogens is 1. The van der Waals surface area contributed by atoms with E-state index in [1.807, 2.05) is 0 Å². The van der Waals surface area contributed by atoms with Crippen molar-refractivity contribution in [2.75, 3.05) is 26.3 Å². The van der Waals surface area contributed by atoms with Gasteiger partial charge in [0.05, 0.1) is 18.9 Å². The number of rotatable bonds is 1. The van der Waals surface area contributed by atoms with Crippen LogP contribution in [0.1, 0.15) is 42.9 Å². The van der Waals surface area contributed by atoms with Gasteiger partial charge in [0.1, 0.15) is 0 Å². The second-order valence-corrected chi connectivity index (χ2v) is 6.78. The summed E-state index contributed by atoms with van der Waals surface area (Å²) < 4.78 is 17.0. The third-order valence-corrected chi connectivity index (χ3v) is 4.10. The van der Waals surface area contributed by atoms with Gasteiger partial charge in [0.2, 0.25) is 5.76 Å². The number of nitrogens with zero attached hydrogens (tertiary/aromatic N) is 2. The summed E-state index contributed by atoms with van der Waals surface area (Å²) in [4.78, 5) is 14.1. The molecule has 0 N–H and O–H groups in total. The molecule has 1 spiro atoms. The van der Waals surface area contributed by atoms with E-state index in [1.54, 1.807) is 17.9 Å². The molecule has 2 aliphatic heterocycles. The molecule has 6 nitrogen and oxygen atoms in total. The molecule has 1 aromatic rings. The second kappa shape index (κ2) is 5.10. The molecule has 1 aromatic heterocycles. The lowest BCUT2D eigenvalue weighted by Crippen LogP contribution is -2.54. The zero-order valence-electron chi connectivity index (χ0n) is 12.8. The minimum atomic E-state index is -0.510. The maximum absolute atomic E-state index is 12.3. The van der Waals surface area contributed by atoms with Gasteiger partial charge in [-0.15, -0.1) is 0 Å². The standard InChI is InChI=1S/C15H22N2O4/c1-11-8-12(21-16-11)13(18)17-6-4-15(5-7-17)19-9-14(2,3)10-20-15/h8H,4-7,9-10H2,1-3H3. The average Bonchev–Trinajstić information content (AvgIpc) is 2.89. The van der Waals surface area contributed by atoms with E-state index >= 15 is 0 Å². The van der Waals surface area contributed by atoms with Gasteiger partial charge in [-0.05, 0) is 6.92 Å². The third kappa shape index (κ3) is 2.96. The Kier molecular flexibility index (Phi) is 3.53. The molecule has 6 heteroatoms. The van der Waals surface area contributed by atoms with E-state index < -0.39 is 5.79 Å². The number of aryl methyl sites for hydroxylation is 1. The van der Waals surface area contributed by atoms with Crippen molar-refractivity contribution in [2.24, 2.45) is 5.41 Å². The van der Waals surface area contributed by atoms with Crippen molar-refractivity contribution in [3.63, 3.8) is 0 Å². The Morgan fingerprint density at radius 3 is 2.38 bits per heavy atom. The van der Waals surface area contributed by atoms with Crippen molar-refractivity contribution in [2.45, 2.75) is 39.4 Å². The Morgan fingerprint density at radius 2 is 1.86 bits per heavy atom. The first kappa shape index (κ1) is 14.5. The molecule has 2 saturated heterocycles. The first-order valence-corrected chi connectivity index (χ1v) is 7.40. The molecule has 21 heavy (non-hydrogen) atoms. The summed E-state index contributed by atoms with van der Waals surface area (Å²) in [5, 5.41) is 3.76. The van der Waals surface area contributed by atoms with Crippen LogP contribution in [0.5, 0.6) is 0 Å². The molecule has 2 aliphatic rings. The van der Waals surface area contributed by atoms with Gasteiger partial charge in [-0.25, -0.2) is 0 Å². The molecule has 0 atom stereocenters. The van der Waals surface area contributed by atoms with Crippen LogP contribution in [0.3, 0.4) is 0 Å². The summed E-state index contributed by atoms with van der Waals surface area (Å²) in [6.45, 7) is 8.68. The third-order valence-electron chi connectivity index (χ3n) is 4.10. The SMILES string of the molecule is Cc1cc(C(=O)N2CCC3(CC2)OCC(C)(C)CO3)on1. The van der Waals surface area contributed by atoms with Crippen molar-refractivity contribution in [3.05, 3.63) is 17.5 Å². The number of amides is 1. The summed E-state index contributed by atoms with van der Waals surface area (Å²) in [7, 11) is 0. The summed E-state index contributed by atoms with van der Waals surface area (Å²) in [5.74, 6) is -0.319. The zero-order valence-corrected chi connectivity index (χ0v) is 12.8. The van der Waals surface area contributed by atoms with Crippen molar-refractivity contribution >= 4 is 5.91 Å². The summed E-state index contributed by atoms with van der Waals surface area (Å²) in [6, 6.07) is 1.67. The highest BCUT2D eigenvalue weighted by molar-refractivity contribution is 5.91. The fourth-order valence-electron chi connectivity index (χ4n) is 2.70. The molecular formula is C15H22N2O4. The van der Waals surface area contributed by atoms with Crippen molar-refractivity contribution in [1.29, 1.82) is 0 Å². The molecule has 0 aliphatic carbocycles. The molecule has 0 bridgehead atoms. The van der Waals surface area contributed by atoms with Gasteiger partial charge in [-0.1, -0.05) is 19.0 Å². The van der Waals surface area contributed by atoms with Crippen LogP contribution in [0.2, 0.25) is 0 Å². The Hall–Kier alpha value is -1.40. The molecule has 0 saturated carbocycles. The largest absolute Gasteiger partial charge is 0.351 e. The summed E-state index contributed by atoms with van der Waals surface area (Å²) in [6.07, 6.45) is 1.39. The van der Waals surface area contributed by atoms with Crippen LogP contribution in [0.25, 0.3) is 0 Å². The number of hydrogen-bond acceptors (Lipinski definition) is 5. The van der Waals surface area contributed by atoms with E-state index in [4.69, 9.17) is 14.0 Å². The van der Waals surface area contributed by atoms with Crippen molar-refractivity contribution in [3.8, 4) is 0 Å². The number of carbonyl (C=O) groups is 1. The molecule has 0 unspecified atom stereocenters. The van der Waals surface area contributed by atoms with Crippen LogP contribution < -0.4 is 0 Å². The Labute approximate surface area is 124 Å². The predicted molar refractivity (Wildman–Crippen MR) is 74.8 cm³/mol. The van der Waals surface area contributed by atoms with Gasteiger partial charge in [0.15, 0.2) is 5.79 Å². The molecular weight excluding hydrogens is 272 g/mol. The van der Waals surface area contributed by atoms with Crippen LogP contribution in [-0.4, -0.2) is 48.1 Å². The Balaban J connectivity index is 1.59. The lowest BCUT2D eigenvalue weighted by atomic mass is 9.92. The first-order chi connectivity index (χ1) is 9.89. The Morgan fingerprint density at radius 1 is 1.24 bits per heavy atom. The minimum Gasteiger partial charge on any atom is -0.351 e. The van der Waals surface area contributed by atoms with Crippen LogP contribution >= 0.6 is 0 Å². The molecule has 1 amide bonds. The average molecular weight is 294 g/mol. The highest BCUT2D eigenvalue weighted by atomic mass is 16.7. The first-order valence-electron chi connectivity index (χ1n) is 7.40. The van der Waals surface area contributed by atoms with Crippen molar-refractivity contribution in [1.82, 2.24) is 10.1 Å². The number of ether oxygens (including phenoxy) is 2. The van der Waals surface area contributed by atoms with E-state index in [9.17, 15) is 4.79 Å².